The van der Waals surface area contributed by atoms with Crippen LogP contribution in [0.5, 0.6) is 0 Å². The zero-order valence-electron chi connectivity index (χ0n) is 14.2. The van der Waals surface area contributed by atoms with Crippen molar-refractivity contribution < 1.29 is 0 Å². The smallest absolute Gasteiger partial charge is 0.141 e. The van der Waals surface area contributed by atoms with Crippen molar-refractivity contribution in [1.82, 2.24) is 9.97 Å². The average Bonchev–Trinajstić information content (AvgIpc) is 2.93. The largest absolute Gasteiger partial charge is 0.357 e. The number of benzene rings is 1. The van der Waals surface area contributed by atoms with Gasteiger partial charge in [-0.3, -0.25) is 0 Å². The molecule has 0 N–H and O–H groups in total. The lowest BCUT2D eigenvalue weighted by atomic mass is 10.1. The third-order valence-corrected chi connectivity index (χ3v) is 5.28. The van der Waals surface area contributed by atoms with E-state index in [-0.39, 0.29) is 0 Å². The molecule has 3 aromatic rings. The molecule has 0 aliphatic rings. The summed E-state index contributed by atoms with van der Waals surface area (Å²) in [5, 5.41) is 10.4. The van der Waals surface area contributed by atoms with Crippen LogP contribution in [0.4, 0.5) is 5.82 Å². The van der Waals surface area contributed by atoms with Gasteiger partial charge >= 0.3 is 0 Å². The van der Waals surface area contributed by atoms with Gasteiger partial charge in [-0.25, -0.2) is 9.97 Å². The van der Waals surface area contributed by atoms with E-state index in [1.54, 1.807) is 0 Å². The van der Waals surface area contributed by atoms with Crippen molar-refractivity contribution in [3.63, 3.8) is 0 Å². The van der Waals surface area contributed by atoms with E-state index in [9.17, 15) is 5.26 Å². The molecule has 3 rings (SSSR count). The van der Waals surface area contributed by atoms with Crippen LogP contribution in [-0.4, -0.2) is 23.1 Å². The highest BCUT2D eigenvalue weighted by molar-refractivity contribution is 7.19. The molecule has 4 nitrogen and oxygen atoms in total. The van der Waals surface area contributed by atoms with E-state index < -0.39 is 0 Å². The zero-order valence-corrected chi connectivity index (χ0v) is 15.0. The van der Waals surface area contributed by atoms with Crippen molar-refractivity contribution in [1.29, 1.82) is 5.26 Å². The molecule has 0 aliphatic heterocycles. The van der Waals surface area contributed by atoms with Crippen molar-refractivity contribution >= 4 is 27.4 Å². The minimum Gasteiger partial charge on any atom is -0.357 e. The van der Waals surface area contributed by atoms with Crippen LogP contribution < -0.4 is 4.90 Å². The summed E-state index contributed by atoms with van der Waals surface area (Å²) < 4.78 is 0. The second kappa shape index (κ2) is 6.98. The number of aromatic nitrogens is 2. The van der Waals surface area contributed by atoms with Crippen LogP contribution in [-0.2, 0) is 6.42 Å². The van der Waals surface area contributed by atoms with E-state index in [1.165, 1.54) is 16.9 Å². The molecule has 0 unspecified atom stereocenters. The molecule has 0 spiro atoms. The Bertz CT molecular complexity index is 889. The number of nitrogens with zero attached hydrogens (tertiary/aromatic N) is 4. The fraction of sp³-hybridized carbons (Fsp3) is 0.316. The summed E-state index contributed by atoms with van der Waals surface area (Å²) in [5.41, 5.74) is 2.18. The lowest BCUT2D eigenvalue weighted by Crippen LogP contribution is -2.24. The fourth-order valence-corrected chi connectivity index (χ4v) is 3.87. The number of nitriles is 1. The molecular formula is C19H20N4S. The SMILES string of the molecule is CCN(CC)c1nc(Cc2ccccc2)nc2sc(C#N)c(C)c12. The number of hydrogen-bond acceptors (Lipinski definition) is 5. The Morgan fingerprint density at radius 2 is 1.83 bits per heavy atom. The van der Waals surface area contributed by atoms with Gasteiger partial charge in [-0.2, -0.15) is 5.26 Å². The van der Waals surface area contributed by atoms with Gasteiger partial charge in [0, 0.05) is 19.5 Å². The number of anilines is 1. The molecule has 1 aromatic carbocycles. The van der Waals surface area contributed by atoms with Gasteiger partial charge < -0.3 is 4.90 Å². The minimum atomic E-state index is 0.698. The van der Waals surface area contributed by atoms with Crippen LogP contribution in [0.1, 0.15) is 35.7 Å². The molecule has 0 saturated carbocycles. The van der Waals surface area contributed by atoms with Crippen LogP contribution in [0.15, 0.2) is 30.3 Å². The lowest BCUT2D eigenvalue weighted by molar-refractivity contribution is 0.837. The van der Waals surface area contributed by atoms with Crippen LogP contribution in [0, 0.1) is 18.3 Å². The molecule has 2 aromatic heterocycles. The summed E-state index contributed by atoms with van der Waals surface area (Å²) in [6.45, 7) is 8.00. The van der Waals surface area contributed by atoms with Crippen LogP contribution in [0.2, 0.25) is 0 Å². The van der Waals surface area contributed by atoms with Gasteiger partial charge in [0.15, 0.2) is 0 Å². The predicted octanol–water partition coefficient (Wildman–Crippen LogP) is 4.31. The highest BCUT2D eigenvalue weighted by Crippen LogP contribution is 2.35. The number of hydrogen-bond donors (Lipinski definition) is 0. The maximum absolute atomic E-state index is 9.37. The Morgan fingerprint density at radius 1 is 1.12 bits per heavy atom. The summed E-state index contributed by atoms with van der Waals surface area (Å²) in [6, 6.07) is 12.5. The minimum absolute atomic E-state index is 0.698. The molecule has 122 valence electrons. The number of aryl methyl sites for hydroxylation is 1. The van der Waals surface area contributed by atoms with Gasteiger partial charge in [0.05, 0.1) is 5.39 Å². The van der Waals surface area contributed by atoms with Crippen molar-refractivity contribution in [3.8, 4) is 6.07 Å². The molecule has 24 heavy (non-hydrogen) atoms. The van der Waals surface area contributed by atoms with E-state index in [0.717, 1.165) is 45.4 Å². The van der Waals surface area contributed by atoms with Gasteiger partial charge in [0.25, 0.3) is 0 Å². The summed E-state index contributed by atoms with van der Waals surface area (Å²) >= 11 is 1.46. The number of fused-ring (bicyclic) bond motifs is 1. The highest BCUT2D eigenvalue weighted by Gasteiger charge is 2.19. The summed E-state index contributed by atoms with van der Waals surface area (Å²) in [5.74, 6) is 1.76. The molecule has 0 fully saturated rings. The Morgan fingerprint density at radius 3 is 2.46 bits per heavy atom. The van der Waals surface area contributed by atoms with Gasteiger partial charge in [-0.15, -0.1) is 11.3 Å². The van der Waals surface area contributed by atoms with Gasteiger partial charge in [0.1, 0.15) is 27.4 Å². The Balaban J connectivity index is 2.17. The first-order valence-corrected chi connectivity index (χ1v) is 8.98. The second-order valence-electron chi connectivity index (χ2n) is 5.65. The molecular weight excluding hydrogens is 316 g/mol. The van der Waals surface area contributed by atoms with Gasteiger partial charge in [-0.1, -0.05) is 30.3 Å². The normalized spacial score (nSPS) is 10.8. The van der Waals surface area contributed by atoms with Gasteiger partial charge in [-0.05, 0) is 31.9 Å². The van der Waals surface area contributed by atoms with E-state index in [0.29, 0.717) is 6.42 Å². The van der Waals surface area contributed by atoms with Crippen LogP contribution in [0.25, 0.3) is 10.2 Å². The van der Waals surface area contributed by atoms with Crippen molar-refractivity contribution in [2.75, 3.05) is 18.0 Å². The van der Waals surface area contributed by atoms with E-state index in [2.05, 4.69) is 36.9 Å². The quantitative estimate of drug-likeness (QED) is 0.697. The molecule has 2 heterocycles. The second-order valence-corrected chi connectivity index (χ2v) is 6.65. The van der Waals surface area contributed by atoms with Crippen molar-refractivity contribution in [2.24, 2.45) is 0 Å². The highest BCUT2D eigenvalue weighted by atomic mass is 32.1. The first-order chi connectivity index (χ1) is 11.7. The molecule has 0 atom stereocenters. The Labute approximate surface area is 146 Å². The molecule has 0 radical (unpaired) electrons. The van der Waals surface area contributed by atoms with Crippen LogP contribution >= 0.6 is 11.3 Å². The number of rotatable bonds is 5. The first kappa shape index (κ1) is 16.4. The van der Waals surface area contributed by atoms with Crippen molar-refractivity contribution in [2.45, 2.75) is 27.2 Å². The third-order valence-electron chi connectivity index (χ3n) is 4.19. The molecule has 0 saturated heterocycles. The Kier molecular flexibility index (Phi) is 4.77. The van der Waals surface area contributed by atoms with Crippen LogP contribution in [0.3, 0.4) is 0 Å². The fourth-order valence-electron chi connectivity index (χ4n) is 2.88. The molecule has 5 heteroatoms. The topological polar surface area (TPSA) is 52.8 Å². The molecule has 0 amide bonds. The standard InChI is InChI=1S/C19H20N4S/c1-4-23(5-2)18-17-13(3)15(12-20)24-19(17)22-16(21-18)11-14-9-7-6-8-10-14/h6-10H,4-5,11H2,1-3H3. The predicted molar refractivity (Wildman–Crippen MR) is 99.7 cm³/mol. The maximum Gasteiger partial charge on any atom is 0.141 e. The molecule has 0 bridgehead atoms. The number of thiophene rings is 1. The van der Waals surface area contributed by atoms with Gasteiger partial charge in [0.2, 0.25) is 0 Å². The lowest BCUT2D eigenvalue weighted by Gasteiger charge is -2.21. The first-order valence-electron chi connectivity index (χ1n) is 8.16. The maximum atomic E-state index is 9.37. The Hall–Kier alpha value is -2.45. The van der Waals surface area contributed by atoms with E-state index in [4.69, 9.17) is 9.97 Å². The zero-order chi connectivity index (χ0) is 17.1. The summed E-state index contributed by atoms with van der Waals surface area (Å²) in [7, 11) is 0. The summed E-state index contributed by atoms with van der Waals surface area (Å²) in [6.07, 6.45) is 0.698. The molecule has 0 aliphatic carbocycles. The average molecular weight is 336 g/mol. The monoisotopic (exact) mass is 336 g/mol. The van der Waals surface area contributed by atoms with E-state index >= 15 is 0 Å². The summed E-state index contributed by atoms with van der Waals surface area (Å²) in [4.78, 5) is 13.5. The third kappa shape index (κ3) is 2.98. The van der Waals surface area contributed by atoms with Crippen molar-refractivity contribution in [3.05, 3.63) is 52.2 Å². The van der Waals surface area contributed by atoms with E-state index in [1.807, 2.05) is 25.1 Å².